The molecule has 1 saturated heterocycles. The molecular formula is C25H30BNO6. The minimum Gasteiger partial charge on any atom is -0.465 e. The van der Waals surface area contributed by atoms with Crippen LogP contribution in [-0.4, -0.2) is 44.0 Å². The topological polar surface area (TPSA) is 83.1 Å². The Kier molecular flexibility index (Phi) is 7.61. The van der Waals surface area contributed by atoms with Gasteiger partial charge in [0.25, 0.3) is 0 Å². The second-order valence-electron chi connectivity index (χ2n) is 8.84. The summed E-state index contributed by atoms with van der Waals surface area (Å²) in [6, 6.07) is 16.4. The number of hydrogen-bond donors (Lipinski definition) is 1. The lowest BCUT2D eigenvalue weighted by atomic mass is 9.77. The van der Waals surface area contributed by atoms with Crippen molar-refractivity contribution in [3.8, 4) is 0 Å². The molecule has 1 aliphatic heterocycles. The van der Waals surface area contributed by atoms with Crippen molar-refractivity contribution in [2.75, 3.05) is 13.7 Å². The van der Waals surface area contributed by atoms with Gasteiger partial charge in [-0.3, -0.25) is 0 Å². The predicted octanol–water partition coefficient (Wildman–Crippen LogP) is 4.41. The number of carbonyl (C=O) groups is 2. The molecule has 33 heavy (non-hydrogen) atoms. The molecule has 8 heteroatoms. The summed E-state index contributed by atoms with van der Waals surface area (Å²) in [6.07, 6.45) is 1.34. The lowest BCUT2D eigenvalue weighted by Gasteiger charge is -2.32. The molecule has 1 N–H and O–H groups in total. The van der Waals surface area contributed by atoms with Gasteiger partial charge in [-0.25, -0.2) is 9.59 Å². The summed E-state index contributed by atoms with van der Waals surface area (Å²) in [5.74, 6) is -0.403. The number of nitrogens with one attached hydrogen (secondary N) is 1. The first kappa shape index (κ1) is 24.5. The van der Waals surface area contributed by atoms with Crippen molar-refractivity contribution in [1.29, 1.82) is 0 Å². The Labute approximate surface area is 195 Å². The van der Waals surface area contributed by atoms with Crippen molar-refractivity contribution in [2.24, 2.45) is 0 Å². The second kappa shape index (κ2) is 10.2. The molecule has 1 amide bonds. The highest BCUT2D eigenvalue weighted by Gasteiger charge is 2.52. The highest BCUT2D eigenvalue weighted by Crippen LogP contribution is 2.38. The quantitative estimate of drug-likeness (QED) is 0.496. The number of methoxy groups -OCH3 is 1. The number of rotatable bonds is 7. The lowest BCUT2D eigenvalue weighted by molar-refractivity contribution is 0.00578. The number of alkyl carbamates (subject to hydrolysis) is 1. The monoisotopic (exact) mass is 451 g/mol. The largest absolute Gasteiger partial charge is 0.492 e. The van der Waals surface area contributed by atoms with Gasteiger partial charge in [0.05, 0.1) is 23.9 Å². The summed E-state index contributed by atoms with van der Waals surface area (Å²) < 4.78 is 22.4. The summed E-state index contributed by atoms with van der Waals surface area (Å²) >= 11 is 0. The Morgan fingerprint density at radius 2 is 1.58 bits per heavy atom. The second-order valence-corrected chi connectivity index (χ2v) is 8.84. The number of ether oxygens (including phenoxy) is 2. The van der Waals surface area contributed by atoms with Gasteiger partial charge in [-0.15, -0.1) is 0 Å². The van der Waals surface area contributed by atoms with Gasteiger partial charge in [0.2, 0.25) is 0 Å². The van der Waals surface area contributed by atoms with Crippen LogP contribution < -0.4 is 5.32 Å². The van der Waals surface area contributed by atoms with E-state index in [-0.39, 0.29) is 13.2 Å². The van der Waals surface area contributed by atoms with E-state index in [0.717, 1.165) is 16.6 Å². The van der Waals surface area contributed by atoms with Gasteiger partial charge in [-0.1, -0.05) is 48.5 Å². The van der Waals surface area contributed by atoms with Gasteiger partial charge in [-0.05, 0) is 56.4 Å². The Hall–Kier alpha value is -3.10. The third-order valence-corrected chi connectivity index (χ3v) is 5.89. The first-order valence-electron chi connectivity index (χ1n) is 10.8. The standard InChI is InChI=1S/C25H30BNO6/c1-24(2)25(3,4)33-26(32-24)21(15-18-11-13-20(14-12-18)22(28)30-5)16-27-23(29)31-17-19-9-7-6-8-10-19/h6-15H,16-17H2,1-5H3,(H,27,29). The molecule has 0 spiro atoms. The first-order chi connectivity index (χ1) is 15.6. The highest BCUT2D eigenvalue weighted by molar-refractivity contribution is 6.56. The van der Waals surface area contributed by atoms with Crippen LogP contribution in [0.2, 0.25) is 0 Å². The van der Waals surface area contributed by atoms with Crippen LogP contribution in [0.1, 0.15) is 49.2 Å². The smallest absolute Gasteiger partial charge is 0.465 e. The van der Waals surface area contributed by atoms with Crippen molar-refractivity contribution >= 4 is 25.3 Å². The predicted molar refractivity (Wildman–Crippen MR) is 126 cm³/mol. The van der Waals surface area contributed by atoms with E-state index >= 15 is 0 Å². The molecule has 7 nitrogen and oxygen atoms in total. The van der Waals surface area contributed by atoms with Crippen LogP contribution in [0.5, 0.6) is 0 Å². The number of hydrogen-bond acceptors (Lipinski definition) is 6. The van der Waals surface area contributed by atoms with E-state index in [1.807, 2.05) is 64.1 Å². The molecule has 2 aromatic carbocycles. The van der Waals surface area contributed by atoms with Crippen molar-refractivity contribution in [1.82, 2.24) is 5.32 Å². The molecule has 3 rings (SSSR count). The summed E-state index contributed by atoms with van der Waals surface area (Å²) in [7, 11) is 0.694. The molecule has 0 radical (unpaired) electrons. The summed E-state index contributed by atoms with van der Waals surface area (Å²) in [5, 5.41) is 2.78. The fourth-order valence-corrected chi connectivity index (χ4v) is 3.19. The lowest BCUT2D eigenvalue weighted by Crippen LogP contribution is -2.41. The molecule has 0 atom stereocenters. The fraction of sp³-hybridized carbons (Fsp3) is 0.360. The SMILES string of the molecule is COC(=O)c1ccc(C=C(CNC(=O)OCc2ccccc2)B2OC(C)(C)C(C)(C)O2)cc1. The number of carbonyl (C=O) groups excluding carboxylic acids is 2. The summed E-state index contributed by atoms with van der Waals surface area (Å²) in [6.45, 7) is 8.23. The van der Waals surface area contributed by atoms with E-state index in [9.17, 15) is 9.59 Å². The molecular weight excluding hydrogens is 421 g/mol. The van der Waals surface area contributed by atoms with Crippen molar-refractivity contribution < 1.29 is 28.4 Å². The molecule has 0 aliphatic carbocycles. The van der Waals surface area contributed by atoms with Gasteiger partial charge >= 0.3 is 19.2 Å². The fourth-order valence-electron chi connectivity index (χ4n) is 3.19. The third-order valence-electron chi connectivity index (χ3n) is 5.89. The number of benzene rings is 2. The minimum absolute atomic E-state index is 0.170. The van der Waals surface area contributed by atoms with Crippen LogP contribution in [0, 0.1) is 0 Å². The van der Waals surface area contributed by atoms with Crippen LogP contribution in [0.15, 0.2) is 60.1 Å². The number of esters is 1. The molecule has 1 fully saturated rings. The molecule has 0 aromatic heterocycles. The highest BCUT2D eigenvalue weighted by atomic mass is 16.7. The normalized spacial score (nSPS) is 16.9. The average Bonchev–Trinajstić information content (AvgIpc) is 3.02. The van der Waals surface area contributed by atoms with E-state index < -0.39 is 30.4 Å². The average molecular weight is 451 g/mol. The van der Waals surface area contributed by atoms with E-state index in [1.54, 1.807) is 24.3 Å². The minimum atomic E-state index is -0.648. The van der Waals surface area contributed by atoms with Crippen molar-refractivity contribution in [2.45, 2.75) is 45.5 Å². The van der Waals surface area contributed by atoms with Crippen molar-refractivity contribution in [3.05, 3.63) is 76.8 Å². The Morgan fingerprint density at radius 1 is 0.970 bits per heavy atom. The van der Waals surface area contributed by atoms with Crippen LogP contribution in [0.4, 0.5) is 4.79 Å². The van der Waals surface area contributed by atoms with Gasteiger partial charge in [0.1, 0.15) is 6.61 Å². The molecule has 2 aromatic rings. The molecule has 0 bridgehead atoms. The molecule has 1 aliphatic rings. The Morgan fingerprint density at radius 3 is 2.15 bits per heavy atom. The van der Waals surface area contributed by atoms with E-state index in [0.29, 0.717) is 5.56 Å². The van der Waals surface area contributed by atoms with Gasteiger partial charge in [0.15, 0.2) is 0 Å². The van der Waals surface area contributed by atoms with Crippen LogP contribution >= 0.6 is 0 Å². The maximum atomic E-state index is 12.3. The zero-order chi connectivity index (χ0) is 24.1. The maximum Gasteiger partial charge on any atom is 0.492 e. The van der Waals surface area contributed by atoms with Crippen LogP contribution in [0.25, 0.3) is 6.08 Å². The Bertz CT molecular complexity index is 985. The molecule has 0 saturated carbocycles. The van der Waals surface area contributed by atoms with E-state index in [4.69, 9.17) is 18.8 Å². The summed E-state index contributed by atoms with van der Waals surface area (Å²) in [5.41, 5.74) is 1.84. The molecule has 1 heterocycles. The zero-order valence-electron chi connectivity index (χ0n) is 19.7. The Balaban J connectivity index is 1.73. The maximum absolute atomic E-state index is 12.3. The van der Waals surface area contributed by atoms with Gasteiger partial charge < -0.3 is 24.1 Å². The van der Waals surface area contributed by atoms with E-state index in [2.05, 4.69) is 5.32 Å². The van der Waals surface area contributed by atoms with Crippen LogP contribution in [0.3, 0.4) is 0 Å². The third kappa shape index (κ3) is 6.24. The van der Waals surface area contributed by atoms with Crippen LogP contribution in [-0.2, 0) is 25.4 Å². The molecule has 174 valence electrons. The molecule has 0 unspecified atom stereocenters. The van der Waals surface area contributed by atoms with E-state index in [1.165, 1.54) is 7.11 Å². The summed E-state index contributed by atoms with van der Waals surface area (Å²) in [4.78, 5) is 24.0. The number of amides is 1. The van der Waals surface area contributed by atoms with Gasteiger partial charge in [0, 0.05) is 6.54 Å². The van der Waals surface area contributed by atoms with Crippen molar-refractivity contribution in [3.63, 3.8) is 0 Å². The van der Waals surface area contributed by atoms with Gasteiger partial charge in [-0.2, -0.15) is 0 Å². The first-order valence-corrected chi connectivity index (χ1v) is 10.8. The zero-order valence-corrected chi connectivity index (χ0v) is 19.7.